The standard InChI is InChI=1S/C23H29ClN2O/c1-26(2)23(18-6-4-3-5-7-18)19-10-14-21(15-11-19)25-22(27)16-17-8-12-20(24)13-9-17/h3-9,12-13,19,21,23H,10-11,14-16H2,1-2H3,(H,25,27). The maximum Gasteiger partial charge on any atom is 0.224 e. The Labute approximate surface area is 167 Å². The lowest BCUT2D eigenvalue weighted by atomic mass is 9.78. The third-order valence-corrected chi connectivity index (χ3v) is 5.81. The summed E-state index contributed by atoms with van der Waals surface area (Å²) in [4.78, 5) is 14.7. The zero-order valence-electron chi connectivity index (χ0n) is 16.2. The van der Waals surface area contributed by atoms with Crippen molar-refractivity contribution in [2.75, 3.05) is 14.1 Å². The van der Waals surface area contributed by atoms with E-state index >= 15 is 0 Å². The minimum atomic E-state index is 0.105. The van der Waals surface area contributed by atoms with Gasteiger partial charge < -0.3 is 10.2 Å². The molecule has 0 aliphatic heterocycles. The Morgan fingerprint density at radius 2 is 1.67 bits per heavy atom. The van der Waals surface area contributed by atoms with E-state index in [2.05, 4.69) is 54.6 Å². The lowest BCUT2D eigenvalue weighted by Gasteiger charge is -2.37. The van der Waals surface area contributed by atoms with Crippen molar-refractivity contribution >= 4 is 17.5 Å². The quantitative estimate of drug-likeness (QED) is 0.771. The van der Waals surface area contributed by atoms with Crippen LogP contribution >= 0.6 is 11.6 Å². The summed E-state index contributed by atoms with van der Waals surface area (Å²) in [6.45, 7) is 0. The largest absolute Gasteiger partial charge is 0.353 e. The van der Waals surface area contributed by atoms with Crippen LogP contribution in [0.2, 0.25) is 5.02 Å². The second kappa shape index (κ2) is 9.38. The van der Waals surface area contributed by atoms with Crippen molar-refractivity contribution in [3.63, 3.8) is 0 Å². The Bertz CT molecular complexity index is 722. The van der Waals surface area contributed by atoms with Gasteiger partial charge in [-0.05, 0) is 69.0 Å². The third-order valence-electron chi connectivity index (χ3n) is 5.56. The molecule has 2 aromatic carbocycles. The molecule has 0 aromatic heterocycles. The zero-order chi connectivity index (χ0) is 19.2. The van der Waals surface area contributed by atoms with Gasteiger partial charge in [-0.3, -0.25) is 4.79 Å². The van der Waals surface area contributed by atoms with Crippen LogP contribution in [0.1, 0.15) is 42.9 Å². The molecule has 2 aromatic rings. The topological polar surface area (TPSA) is 32.3 Å². The molecule has 1 N–H and O–H groups in total. The fraction of sp³-hybridized carbons (Fsp3) is 0.435. The smallest absolute Gasteiger partial charge is 0.224 e. The molecule has 1 aliphatic rings. The molecule has 0 saturated heterocycles. The van der Waals surface area contributed by atoms with Gasteiger partial charge in [0.05, 0.1) is 6.42 Å². The highest BCUT2D eigenvalue weighted by Gasteiger charge is 2.30. The molecule has 1 aliphatic carbocycles. The first-order valence-electron chi connectivity index (χ1n) is 9.78. The monoisotopic (exact) mass is 384 g/mol. The second-order valence-corrected chi connectivity index (χ2v) is 8.24. The first kappa shape index (κ1) is 19.9. The van der Waals surface area contributed by atoms with E-state index in [-0.39, 0.29) is 5.91 Å². The number of nitrogens with zero attached hydrogens (tertiary/aromatic N) is 1. The molecule has 1 saturated carbocycles. The Morgan fingerprint density at radius 3 is 2.26 bits per heavy atom. The van der Waals surface area contributed by atoms with Crippen LogP contribution < -0.4 is 5.32 Å². The van der Waals surface area contributed by atoms with Crippen molar-refractivity contribution in [1.82, 2.24) is 10.2 Å². The molecule has 0 bridgehead atoms. The average Bonchev–Trinajstić information content (AvgIpc) is 2.66. The fourth-order valence-electron chi connectivity index (χ4n) is 4.29. The Kier molecular flexibility index (Phi) is 6.92. The minimum absolute atomic E-state index is 0.105. The Balaban J connectivity index is 1.52. The van der Waals surface area contributed by atoms with Crippen molar-refractivity contribution < 1.29 is 4.79 Å². The van der Waals surface area contributed by atoms with Crippen molar-refractivity contribution in [1.29, 1.82) is 0 Å². The number of rotatable bonds is 6. The Hall–Kier alpha value is -1.84. The summed E-state index contributed by atoms with van der Waals surface area (Å²) in [7, 11) is 4.33. The number of nitrogens with one attached hydrogen (secondary N) is 1. The molecule has 4 heteroatoms. The number of carbonyl (C=O) groups excluding carboxylic acids is 1. The van der Waals surface area contributed by atoms with Crippen LogP contribution in [0.25, 0.3) is 0 Å². The highest BCUT2D eigenvalue weighted by atomic mass is 35.5. The van der Waals surface area contributed by atoms with E-state index in [9.17, 15) is 4.79 Å². The summed E-state index contributed by atoms with van der Waals surface area (Å²) < 4.78 is 0. The van der Waals surface area contributed by atoms with Crippen LogP contribution in [0, 0.1) is 5.92 Å². The minimum Gasteiger partial charge on any atom is -0.353 e. The summed E-state index contributed by atoms with van der Waals surface area (Å²) in [5, 5.41) is 3.93. The number of hydrogen-bond acceptors (Lipinski definition) is 2. The highest BCUT2D eigenvalue weighted by molar-refractivity contribution is 6.30. The lowest BCUT2D eigenvalue weighted by molar-refractivity contribution is -0.121. The van der Waals surface area contributed by atoms with Gasteiger partial charge in [-0.2, -0.15) is 0 Å². The normalized spacial score (nSPS) is 21.0. The first-order valence-corrected chi connectivity index (χ1v) is 10.2. The summed E-state index contributed by atoms with van der Waals surface area (Å²) in [5.41, 5.74) is 2.39. The number of halogens is 1. The van der Waals surface area contributed by atoms with Crippen LogP contribution in [0.15, 0.2) is 54.6 Å². The van der Waals surface area contributed by atoms with E-state index in [0.29, 0.717) is 29.4 Å². The van der Waals surface area contributed by atoms with Crippen molar-refractivity contribution in [3.05, 3.63) is 70.7 Å². The van der Waals surface area contributed by atoms with Gasteiger partial charge in [-0.15, -0.1) is 0 Å². The molecule has 3 rings (SSSR count). The average molecular weight is 385 g/mol. The Morgan fingerprint density at radius 1 is 1.04 bits per heavy atom. The van der Waals surface area contributed by atoms with Gasteiger partial charge in [0.1, 0.15) is 0 Å². The van der Waals surface area contributed by atoms with Crippen molar-refractivity contribution in [2.24, 2.45) is 5.92 Å². The van der Waals surface area contributed by atoms with E-state index in [0.717, 1.165) is 31.2 Å². The molecule has 1 atom stereocenters. The first-order chi connectivity index (χ1) is 13.0. The maximum atomic E-state index is 12.4. The molecule has 3 nitrogen and oxygen atoms in total. The van der Waals surface area contributed by atoms with E-state index in [1.54, 1.807) is 0 Å². The summed E-state index contributed by atoms with van der Waals surface area (Å²) in [5.74, 6) is 0.736. The molecule has 1 unspecified atom stereocenters. The molecular formula is C23H29ClN2O. The lowest BCUT2D eigenvalue weighted by Crippen LogP contribution is -2.40. The predicted molar refractivity (Wildman–Crippen MR) is 112 cm³/mol. The van der Waals surface area contributed by atoms with Gasteiger partial charge in [0.2, 0.25) is 5.91 Å². The van der Waals surface area contributed by atoms with Crippen LogP contribution in [-0.2, 0) is 11.2 Å². The van der Waals surface area contributed by atoms with Gasteiger partial charge in [0, 0.05) is 17.1 Å². The molecular weight excluding hydrogens is 356 g/mol. The van der Waals surface area contributed by atoms with Gasteiger partial charge >= 0.3 is 0 Å². The van der Waals surface area contributed by atoms with Crippen molar-refractivity contribution in [3.8, 4) is 0 Å². The van der Waals surface area contributed by atoms with Gasteiger partial charge in [0.15, 0.2) is 0 Å². The fourth-order valence-corrected chi connectivity index (χ4v) is 4.41. The van der Waals surface area contributed by atoms with Gasteiger partial charge in [-0.25, -0.2) is 0 Å². The van der Waals surface area contributed by atoms with Crippen LogP contribution in [0.5, 0.6) is 0 Å². The van der Waals surface area contributed by atoms with E-state index in [4.69, 9.17) is 11.6 Å². The molecule has 1 amide bonds. The summed E-state index contributed by atoms with van der Waals surface area (Å²) in [6.07, 6.45) is 4.80. The molecule has 27 heavy (non-hydrogen) atoms. The third kappa shape index (κ3) is 5.57. The summed E-state index contributed by atoms with van der Waals surface area (Å²) in [6, 6.07) is 19.0. The highest BCUT2D eigenvalue weighted by Crippen LogP contribution is 2.37. The number of carbonyl (C=O) groups is 1. The summed E-state index contributed by atoms with van der Waals surface area (Å²) >= 11 is 5.91. The van der Waals surface area contributed by atoms with E-state index in [1.165, 1.54) is 5.56 Å². The van der Waals surface area contributed by atoms with Crippen LogP contribution in [-0.4, -0.2) is 30.9 Å². The predicted octanol–water partition coefficient (Wildman–Crippen LogP) is 4.86. The van der Waals surface area contributed by atoms with Crippen LogP contribution in [0.3, 0.4) is 0 Å². The number of hydrogen-bond donors (Lipinski definition) is 1. The van der Waals surface area contributed by atoms with E-state index in [1.807, 2.05) is 24.3 Å². The molecule has 0 spiro atoms. The van der Waals surface area contributed by atoms with Crippen molar-refractivity contribution in [2.45, 2.75) is 44.2 Å². The molecule has 0 radical (unpaired) electrons. The number of benzene rings is 2. The van der Waals surface area contributed by atoms with Gasteiger partial charge in [0.25, 0.3) is 0 Å². The molecule has 144 valence electrons. The zero-order valence-corrected chi connectivity index (χ0v) is 17.0. The number of amides is 1. The molecule has 1 fully saturated rings. The maximum absolute atomic E-state index is 12.4. The SMILES string of the molecule is CN(C)C(c1ccccc1)C1CCC(NC(=O)Cc2ccc(Cl)cc2)CC1. The molecule has 0 heterocycles. The van der Waals surface area contributed by atoms with Crippen LogP contribution in [0.4, 0.5) is 0 Å². The van der Waals surface area contributed by atoms with Gasteiger partial charge in [-0.1, -0.05) is 54.1 Å². The second-order valence-electron chi connectivity index (χ2n) is 7.80. The van der Waals surface area contributed by atoms with E-state index < -0.39 is 0 Å².